The van der Waals surface area contributed by atoms with Crippen LogP contribution in [0.2, 0.25) is 0 Å². The number of hydrogen-bond acceptors (Lipinski definition) is 5. The number of fused-ring (bicyclic) bond motifs is 3. The van der Waals surface area contributed by atoms with E-state index in [1.54, 1.807) is 17.6 Å². The minimum Gasteiger partial charge on any atom is -0.390 e. The fraction of sp³-hybridized carbons (Fsp3) is 0.412. The summed E-state index contributed by atoms with van der Waals surface area (Å²) >= 11 is 1.36. The molecule has 4 heterocycles. The minimum absolute atomic E-state index is 0.141. The molecule has 3 aliphatic rings. The number of thiazole rings is 1. The van der Waals surface area contributed by atoms with Crippen LogP contribution in [0.1, 0.15) is 19.3 Å². The van der Waals surface area contributed by atoms with Gasteiger partial charge in [-0.25, -0.2) is 14.2 Å². The van der Waals surface area contributed by atoms with Crippen molar-refractivity contribution in [3.8, 4) is 16.3 Å². The van der Waals surface area contributed by atoms with E-state index in [9.17, 15) is 9.18 Å². The summed E-state index contributed by atoms with van der Waals surface area (Å²) in [5, 5.41) is 3.06. The van der Waals surface area contributed by atoms with E-state index in [0.29, 0.717) is 0 Å². The first kappa shape index (κ1) is 15.5. The van der Waals surface area contributed by atoms with Crippen LogP contribution in [-0.2, 0) is 0 Å². The van der Waals surface area contributed by atoms with Gasteiger partial charge < -0.3 is 15.0 Å². The van der Waals surface area contributed by atoms with Crippen molar-refractivity contribution in [3.05, 3.63) is 35.6 Å². The zero-order valence-electron chi connectivity index (χ0n) is 13.1. The monoisotopic (exact) mass is 347 g/mol. The Balaban J connectivity index is 1.47. The molecule has 126 valence electrons. The number of nitrogens with zero attached hydrogens (tertiary/aromatic N) is 2. The lowest BCUT2D eigenvalue weighted by Gasteiger charge is -2.48. The predicted molar refractivity (Wildman–Crippen MR) is 89.7 cm³/mol. The molecule has 7 heteroatoms. The van der Waals surface area contributed by atoms with Gasteiger partial charge in [-0.1, -0.05) is 12.1 Å². The smallest absolute Gasteiger partial charge is 0.390 e. The van der Waals surface area contributed by atoms with Gasteiger partial charge in [-0.2, -0.15) is 0 Å². The highest BCUT2D eigenvalue weighted by atomic mass is 32.1. The Labute approximate surface area is 143 Å². The van der Waals surface area contributed by atoms with Crippen molar-refractivity contribution in [2.75, 3.05) is 19.6 Å². The molecule has 0 unspecified atom stereocenters. The second-order valence-corrected chi connectivity index (χ2v) is 7.23. The van der Waals surface area contributed by atoms with Crippen LogP contribution in [0, 0.1) is 5.82 Å². The number of hydrogen-bond donors (Lipinski definition) is 1. The second kappa shape index (κ2) is 6.14. The van der Waals surface area contributed by atoms with Gasteiger partial charge in [0.15, 0.2) is 0 Å². The largest absolute Gasteiger partial charge is 0.414 e. The molecule has 0 radical (unpaired) electrons. The van der Waals surface area contributed by atoms with E-state index in [0.717, 1.165) is 49.3 Å². The number of ether oxygens (including phenoxy) is 1. The molecule has 5 nitrogen and oxygen atoms in total. The number of amides is 1. The Morgan fingerprint density at radius 1 is 1.21 bits per heavy atom. The molecule has 2 bridgehead atoms. The van der Waals surface area contributed by atoms with E-state index >= 15 is 0 Å². The summed E-state index contributed by atoms with van der Waals surface area (Å²) in [4.78, 5) is 19.6. The maximum atomic E-state index is 13.1. The van der Waals surface area contributed by atoms with E-state index in [-0.39, 0.29) is 17.2 Å². The summed E-state index contributed by atoms with van der Waals surface area (Å²) < 4.78 is 18.5. The number of carbonyl (C=O) groups excluding carboxylic acids is 1. The zero-order chi connectivity index (χ0) is 16.6. The zero-order valence-corrected chi connectivity index (χ0v) is 13.9. The lowest BCUT2D eigenvalue weighted by molar-refractivity contribution is 0.0613. The normalized spacial score (nSPS) is 25.5. The number of nitrogens with one attached hydrogen (secondary N) is 1. The topological polar surface area (TPSA) is 54.5 Å². The number of piperidine rings is 3. The fourth-order valence-electron chi connectivity index (χ4n) is 3.45. The first-order valence-corrected chi connectivity index (χ1v) is 8.93. The van der Waals surface area contributed by atoms with Crippen molar-refractivity contribution in [1.82, 2.24) is 15.2 Å². The third-order valence-corrected chi connectivity index (χ3v) is 5.77. The minimum atomic E-state index is -0.459. The van der Waals surface area contributed by atoms with Gasteiger partial charge in [-0.05, 0) is 37.0 Å². The van der Waals surface area contributed by atoms with Crippen LogP contribution in [0.15, 0.2) is 29.8 Å². The molecule has 5 rings (SSSR count). The van der Waals surface area contributed by atoms with Gasteiger partial charge >= 0.3 is 6.09 Å². The SMILES string of the molecule is O=C(NC12CCN(CC1)CC2)Oc1ncsc1-c1ccc(F)cc1. The summed E-state index contributed by atoms with van der Waals surface area (Å²) in [7, 11) is 0. The summed E-state index contributed by atoms with van der Waals surface area (Å²) in [5.74, 6) is -0.0278. The van der Waals surface area contributed by atoms with Gasteiger partial charge in [0.2, 0.25) is 5.88 Å². The number of aromatic nitrogens is 1. The van der Waals surface area contributed by atoms with Gasteiger partial charge in [0, 0.05) is 25.2 Å². The standard InChI is InChI=1S/C17H18FN3O2S/c18-13-3-1-12(2-4-13)14-15(19-11-24-14)23-16(22)20-17-5-8-21(9-6-17)10-7-17/h1-4,11H,5-10H2,(H,20,22). The molecule has 1 amide bonds. The molecule has 0 spiro atoms. The lowest BCUT2D eigenvalue weighted by atomic mass is 9.80. The Bertz CT molecular complexity index is 725. The van der Waals surface area contributed by atoms with Gasteiger partial charge in [-0.3, -0.25) is 0 Å². The maximum Gasteiger partial charge on any atom is 0.414 e. The Morgan fingerprint density at radius 3 is 2.54 bits per heavy atom. The average molecular weight is 347 g/mol. The molecule has 1 aromatic carbocycles. The highest BCUT2D eigenvalue weighted by Gasteiger charge is 2.41. The second-order valence-electron chi connectivity index (χ2n) is 6.38. The van der Waals surface area contributed by atoms with Gasteiger partial charge in [-0.15, -0.1) is 11.3 Å². The van der Waals surface area contributed by atoms with E-state index in [4.69, 9.17) is 4.74 Å². The highest BCUT2D eigenvalue weighted by Crippen LogP contribution is 2.34. The molecule has 3 saturated heterocycles. The van der Waals surface area contributed by atoms with E-state index in [1.807, 2.05) is 0 Å². The molecule has 1 N–H and O–H groups in total. The number of rotatable bonds is 3. The highest BCUT2D eigenvalue weighted by molar-refractivity contribution is 7.13. The van der Waals surface area contributed by atoms with Crippen molar-refractivity contribution in [1.29, 1.82) is 0 Å². The van der Waals surface area contributed by atoms with E-state index < -0.39 is 6.09 Å². The lowest BCUT2D eigenvalue weighted by Crippen LogP contribution is -2.61. The predicted octanol–water partition coefficient (Wildman–Crippen LogP) is 3.28. The summed E-state index contributed by atoms with van der Waals surface area (Å²) in [5.41, 5.74) is 2.27. The molecule has 3 fully saturated rings. The number of benzene rings is 1. The van der Waals surface area contributed by atoms with Gasteiger partial charge in [0.1, 0.15) is 5.82 Å². The maximum absolute atomic E-state index is 13.1. The third kappa shape index (κ3) is 3.01. The van der Waals surface area contributed by atoms with Crippen LogP contribution >= 0.6 is 11.3 Å². The molecule has 0 saturated carbocycles. The molecule has 3 aliphatic heterocycles. The van der Waals surface area contributed by atoms with Crippen molar-refractivity contribution in [3.63, 3.8) is 0 Å². The summed E-state index contributed by atoms with van der Waals surface area (Å²) in [6, 6.07) is 6.08. The molecular formula is C17H18FN3O2S. The average Bonchev–Trinajstić information content (AvgIpc) is 3.04. The van der Waals surface area contributed by atoms with Crippen molar-refractivity contribution < 1.29 is 13.9 Å². The Morgan fingerprint density at radius 2 is 1.88 bits per heavy atom. The number of carbonyl (C=O) groups is 1. The molecule has 0 atom stereocenters. The number of halogens is 1. The van der Waals surface area contributed by atoms with Crippen LogP contribution in [0.5, 0.6) is 5.88 Å². The van der Waals surface area contributed by atoms with Crippen LogP contribution in [0.3, 0.4) is 0 Å². The fourth-order valence-corrected chi connectivity index (χ4v) is 4.17. The summed E-state index contributed by atoms with van der Waals surface area (Å²) in [6.45, 7) is 3.08. The van der Waals surface area contributed by atoms with Crippen molar-refractivity contribution >= 4 is 17.4 Å². The molecule has 1 aromatic heterocycles. The Kier molecular flexibility index (Phi) is 3.97. The molecule has 2 aromatic rings. The van der Waals surface area contributed by atoms with Crippen molar-refractivity contribution in [2.24, 2.45) is 0 Å². The van der Waals surface area contributed by atoms with E-state index in [1.165, 1.54) is 23.5 Å². The summed E-state index contributed by atoms with van der Waals surface area (Å²) in [6.07, 6.45) is 2.43. The van der Waals surface area contributed by atoms with Gasteiger partial charge in [0.25, 0.3) is 0 Å². The molecule has 0 aliphatic carbocycles. The molecule has 24 heavy (non-hydrogen) atoms. The Hall–Kier alpha value is -1.99. The van der Waals surface area contributed by atoms with Crippen LogP contribution in [0.25, 0.3) is 10.4 Å². The van der Waals surface area contributed by atoms with Crippen LogP contribution in [-0.4, -0.2) is 41.2 Å². The van der Waals surface area contributed by atoms with Gasteiger partial charge in [0.05, 0.1) is 10.4 Å². The van der Waals surface area contributed by atoms with Crippen LogP contribution < -0.4 is 10.1 Å². The quantitative estimate of drug-likeness (QED) is 0.926. The first-order chi connectivity index (χ1) is 11.6. The first-order valence-electron chi connectivity index (χ1n) is 8.05. The van der Waals surface area contributed by atoms with Crippen molar-refractivity contribution in [2.45, 2.75) is 24.8 Å². The molecular weight excluding hydrogens is 329 g/mol. The van der Waals surface area contributed by atoms with E-state index in [2.05, 4.69) is 15.2 Å². The third-order valence-electron chi connectivity index (χ3n) is 4.92. The van der Waals surface area contributed by atoms with Crippen LogP contribution in [0.4, 0.5) is 9.18 Å².